The number of rotatable bonds is 1. The molecule has 0 saturated carbocycles. The maximum Gasteiger partial charge on any atom is 0.179 e. The van der Waals surface area contributed by atoms with Crippen molar-refractivity contribution in [3.8, 4) is 0 Å². The van der Waals surface area contributed by atoms with Crippen molar-refractivity contribution >= 4 is 11.4 Å². The van der Waals surface area contributed by atoms with Crippen molar-refractivity contribution in [1.82, 2.24) is 9.38 Å². The van der Waals surface area contributed by atoms with Gasteiger partial charge in [-0.25, -0.2) is 9.37 Å². The number of pyridine rings is 1. The van der Waals surface area contributed by atoms with Gasteiger partial charge in [-0.2, -0.15) is 0 Å². The Morgan fingerprint density at radius 3 is 2.86 bits per heavy atom. The van der Waals surface area contributed by atoms with Crippen molar-refractivity contribution in [2.45, 2.75) is 13.8 Å². The van der Waals surface area contributed by atoms with Crippen molar-refractivity contribution in [2.75, 3.05) is 0 Å². The zero-order valence-corrected chi connectivity index (χ0v) is 7.91. The number of carbonyl (C=O) groups is 1. The summed E-state index contributed by atoms with van der Waals surface area (Å²) in [6.07, 6.45) is 1.69. The van der Waals surface area contributed by atoms with E-state index in [0.717, 1.165) is 0 Å². The van der Waals surface area contributed by atoms with Gasteiger partial charge >= 0.3 is 0 Å². The average molecular weight is 192 g/mol. The number of fused-ring (bicyclic) bond motifs is 1. The fourth-order valence-electron chi connectivity index (χ4n) is 1.49. The third-order valence-corrected chi connectivity index (χ3v) is 2.17. The van der Waals surface area contributed by atoms with Gasteiger partial charge in [0.2, 0.25) is 0 Å². The highest BCUT2D eigenvalue weighted by molar-refractivity contribution is 5.94. The lowest BCUT2D eigenvalue weighted by molar-refractivity contribution is 0.101. The van der Waals surface area contributed by atoms with Crippen LogP contribution in [0.1, 0.15) is 23.1 Å². The lowest BCUT2D eigenvalue weighted by Crippen LogP contribution is -1.95. The largest absolute Gasteiger partial charge is 0.301 e. The van der Waals surface area contributed by atoms with E-state index in [1.165, 1.54) is 13.0 Å². The predicted molar refractivity (Wildman–Crippen MR) is 49.9 cm³/mol. The van der Waals surface area contributed by atoms with E-state index < -0.39 is 5.82 Å². The molecule has 14 heavy (non-hydrogen) atoms. The van der Waals surface area contributed by atoms with Crippen LogP contribution in [0.4, 0.5) is 4.39 Å². The summed E-state index contributed by atoms with van der Waals surface area (Å²) in [4.78, 5) is 15.1. The monoisotopic (exact) mass is 192 g/mol. The maximum atomic E-state index is 13.2. The van der Waals surface area contributed by atoms with E-state index in [4.69, 9.17) is 0 Å². The number of carbonyl (C=O) groups excluding carboxylic acids is 1. The van der Waals surface area contributed by atoms with Gasteiger partial charge in [0.15, 0.2) is 17.2 Å². The van der Waals surface area contributed by atoms with Crippen LogP contribution in [0.2, 0.25) is 0 Å². The molecule has 0 spiro atoms. The first-order valence-corrected chi connectivity index (χ1v) is 4.25. The molecule has 0 aliphatic heterocycles. The Balaban J connectivity index is 2.86. The van der Waals surface area contributed by atoms with E-state index >= 15 is 0 Å². The van der Waals surface area contributed by atoms with Gasteiger partial charge in [0.25, 0.3) is 0 Å². The number of Topliss-reactive ketones (excluding diaryl/α,β-unsaturated/α-hetero) is 1. The Labute approximate surface area is 80.2 Å². The minimum Gasteiger partial charge on any atom is -0.301 e. The van der Waals surface area contributed by atoms with Gasteiger partial charge in [-0.15, -0.1) is 0 Å². The fraction of sp³-hybridized carbons (Fsp3) is 0.200. The summed E-state index contributed by atoms with van der Waals surface area (Å²) in [6, 6.07) is 2.91. The van der Waals surface area contributed by atoms with Gasteiger partial charge in [-0.05, 0) is 19.1 Å². The second-order valence-electron chi connectivity index (χ2n) is 3.15. The molecule has 0 aliphatic rings. The second-order valence-corrected chi connectivity index (χ2v) is 3.15. The molecule has 72 valence electrons. The Hall–Kier alpha value is -1.71. The molecule has 0 aromatic carbocycles. The molecule has 3 nitrogen and oxygen atoms in total. The standard InChI is InChI=1S/C10H9FN2O/c1-6-9(7(2)14)12-10-8(11)4-3-5-13(6)10/h3-5H,1-2H3. The third-order valence-electron chi connectivity index (χ3n) is 2.17. The first-order chi connectivity index (χ1) is 6.61. The molecule has 0 fully saturated rings. The van der Waals surface area contributed by atoms with Gasteiger partial charge in [0, 0.05) is 13.1 Å². The molecule has 2 aromatic heterocycles. The SMILES string of the molecule is CC(=O)c1nc2c(F)cccn2c1C. The van der Waals surface area contributed by atoms with Gasteiger partial charge < -0.3 is 4.40 Å². The first kappa shape index (κ1) is 8.87. The molecule has 0 atom stereocenters. The van der Waals surface area contributed by atoms with Crippen molar-refractivity contribution in [2.24, 2.45) is 0 Å². The number of halogens is 1. The summed E-state index contributed by atoms with van der Waals surface area (Å²) in [5.74, 6) is -0.561. The summed E-state index contributed by atoms with van der Waals surface area (Å²) in [5.41, 5.74) is 1.21. The Kier molecular flexibility index (Phi) is 1.84. The Morgan fingerprint density at radius 2 is 2.29 bits per heavy atom. The Bertz CT molecular complexity index is 516. The number of imidazole rings is 1. The fourth-order valence-corrected chi connectivity index (χ4v) is 1.49. The van der Waals surface area contributed by atoms with Gasteiger partial charge in [0.05, 0.1) is 5.69 Å². The van der Waals surface area contributed by atoms with E-state index in [0.29, 0.717) is 11.4 Å². The molecule has 0 saturated heterocycles. The number of ketones is 1. The molecule has 2 aromatic rings. The van der Waals surface area contributed by atoms with E-state index in [2.05, 4.69) is 4.98 Å². The number of nitrogens with zero attached hydrogens (tertiary/aromatic N) is 2. The van der Waals surface area contributed by atoms with Crippen LogP contribution in [0.5, 0.6) is 0 Å². The summed E-state index contributed by atoms with van der Waals surface area (Å²) in [5, 5.41) is 0. The number of aryl methyl sites for hydroxylation is 1. The second kappa shape index (κ2) is 2.90. The quantitative estimate of drug-likeness (QED) is 0.647. The lowest BCUT2D eigenvalue weighted by Gasteiger charge is -1.95. The molecule has 2 rings (SSSR count). The van der Waals surface area contributed by atoms with Crippen LogP contribution in [0.25, 0.3) is 5.65 Å². The topological polar surface area (TPSA) is 34.4 Å². The van der Waals surface area contributed by atoms with E-state index in [9.17, 15) is 9.18 Å². The van der Waals surface area contributed by atoms with Gasteiger partial charge in [-0.3, -0.25) is 4.79 Å². The van der Waals surface area contributed by atoms with Crippen LogP contribution in [0.3, 0.4) is 0 Å². The van der Waals surface area contributed by atoms with E-state index in [1.807, 2.05) is 0 Å². The van der Waals surface area contributed by atoms with Crippen molar-refractivity contribution in [3.63, 3.8) is 0 Å². The molecular formula is C10H9FN2O. The van der Waals surface area contributed by atoms with Crippen LogP contribution >= 0.6 is 0 Å². The predicted octanol–water partition coefficient (Wildman–Crippen LogP) is 1.98. The first-order valence-electron chi connectivity index (χ1n) is 4.25. The summed E-state index contributed by atoms with van der Waals surface area (Å²) in [7, 11) is 0. The van der Waals surface area contributed by atoms with Crippen molar-refractivity contribution in [3.05, 3.63) is 35.5 Å². The molecule has 0 radical (unpaired) electrons. The van der Waals surface area contributed by atoms with E-state index in [-0.39, 0.29) is 11.4 Å². The number of hydrogen-bond donors (Lipinski definition) is 0. The molecule has 0 unspecified atom stereocenters. The normalized spacial score (nSPS) is 10.8. The van der Waals surface area contributed by atoms with Crippen LogP contribution in [0.15, 0.2) is 18.3 Å². The minimum atomic E-state index is -0.414. The molecule has 0 N–H and O–H groups in total. The molecular weight excluding hydrogens is 183 g/mol. The van der Waals surface area contributed by atoms with Gasteiger partial charge in [-0.1, -0.05) is 0 Å². The highest BCUT2D eigenvalue weighted by Gasteiger charge is 2.13. The molecule has 2 heterocycles. The lowest BCUT2D eigenvalue weighted by atomic mass is 10.3. The smallest absolute Gasteiger partial charge is 0.179 e. The molecule has 0 amide bonds. The van der Waals surface area contributed by atoms with Crippen LogP contribution in [-0.4, -0.2) is 15.2 Å². The molecule has 0 bridgehead atoms. The highest BCUT2D eigenvalue weighted by Crippen LogP contribution is 2.14. The molecule has 0 aliphatic carbocycles. The van der Waals surface area contributed by atoms with Crippen LogP contribution in [-0.2, 0) is 0 Å². The van der Waals surface area contributed by atoms with Crippen molar-refractivity contribution in [1.29, 1.82) is 0 Å². The zero-order valence-electron chi connectivity index (χ0n) is 7.91. The summed E-state index contributed by atoms with van der Waals surface area (Å²) >= 11 is 0. The van der Waals surface area contributed by atoms with Crippen LogP contribution in [0, 0.1) is 12.7 Å². The highest BCUT2D eigenvalue weighted by atomic mass is 19.1. The Morgan fingerprint density at radius 1 is 1.57 bits per heavy atom. The average Bonchev–Trinajstić information content (AvgIpc) is 2.46. The number of hydrogen-bond acceptors (Lipinski definition) is 2. The molecule has 4 heteroatoms. The zero-order chi connectivity index (χ0) is 10.3. The number of aromatic nitrogens is 2. The third kappa shape index (κ3) is 1.11. The maximum absolute atomic E-state index is 13.2. The summed E-state index contributed by atoms with van der Waals surface area (Å²) in [6.45, 7) is 3.17. The summed E-state index contributed by atoms with van der Waals surface area (Å²) < 4.78 is 14.8. The van der Waals surface area contributed by atoms with Gasteiger partial charge in [0.1, 0.15) is 5.69 Å². The minimum absolute atomic E-state index is 0.148. The van der Waals surface area contributed by atoms with Crippen molar-refractivity contribution < 1.29 is 9.18 Å². The van der Waals surface area contributed by atoms with Crippen LogP contribution < -0.4 is 0 Å². The van der Waals surface area contributed by atoms with E-state index in [1.54, 1.807) is 23.6 Å².